The molecule has 0 saturated heterocycles. The molecule has 0 fully saturated rings. The smallest absolute Gasteiger partial charge is 0.0314 e. The minimum absolute atomic E-state index is 0.794. The van der Waals surface area contributed by atoms with E-state index in [1.54, 1.807) is 6.08 Å². The molecule has 0 radical (unpaired) electrons. The topological polar surface area (TPSA) is 78.1 Å². The van der Waals surface area contributed by atoms with E-state index >= 15 is 0 Å². The second-order valence-electron chi connectivity index (χ2n) is 10.2. The molecule has 4 rings (SSSR count). The first kappa shape index (κ1) is 36.0. The Kier molecular flexibility index (Phi) is 17.2. The van der Waals surface area contributed by atoms with Crippen LogP contribution in [0.4, 0.5) is 5.69 Å². The highest BCUT2D eigenvalue weighted by Gasteiger charge is 2.01. The third-order valence-corrected chi connectivity index (χ3v) is 6.76. The molecule has 0 unspecified atom stereocenters. The fraction of sp³-hybridized carbons (Fsp3) is 0.0952. The molecule has 0 amide bonds. The summed E-state index contributed by atoms with van der Waals surface area (Å²) in [4.78, 5) is 0. The molecule has 230 valence electrons. The molecule has 0 aromatic heterocycles. The molecular weight excluding hydrogens is 546 g/mol. The van der Waals surface area contributed by atoms with Crippen LogP contribution in [0.1, 0.15) is 41.7 Å². The summed E-state index contributed by atoms with van der Waals surface area (Å²) in [6, 6.07) is 37.7. The van der Waals surface area contributed by atoms with Gasteiger partial charge in [-0.3, -0.25) is 11.7 Å². The first-order chi connectivity index (χ1) is 22.0. The van der Waals surface area contributed by atoms with Gasteiger partial charge < -0.3 is 5.73 Å². The minimum Gasteiger partial charge on any atom is -0.399 e. The second kappa shape index (κ2) is 21.5. The molecule has 45 heavy (non-hydrogen) atoms. The molecule has 3 nitrogen and oxygen atoms in total. The van der Waals surface area contributed by atoms with E-state index in [4.69, 9.17) is 5.73 Å². The average molecular weight is 594 g/mol. The van der Waals surface area contributed by atoms with E-state index in [9.17, 15) is 0 Å². The SMILES string of the molecule is C=C/C=C\C(=C/C)c1ccc(C(/C=C(C)/C=C\Cc2ccc(N)cc2)=C/C=C)cc1.NN.c1ccc(Cc2ccccc2)cc1. The zero-order valence-electron chi connectivity index (χ0n) is 26.6. The Morgan fingerprint density at radius 2 is 1.18 bits per heavy atom. The van der Waals surface area contributed by atoms with Crippen LogP contribution in [0.15, 0.2) is 183 Å². The van der Waals surface area contributed by atoms with E-state index in [-0.39, 0.29) is 0 Å². The van der Waals surface area contributed by atoms with Crippen molar-refractivity contribution in [2.24, 2.45) is 11.7 Å². The number of hydrogen-bond acceptors (Lipinski definition) is 3. The summed E-state index contributed by atoms with van der Waals surface area (Å²) in [6.45, 7) is 11.8. The van der Waals surface area contributed by atoms with Crippen LogP contribution in [0.2, 0.25) is 0 Å². The predicted octanol–water partition coefficient (Wildman–Crippen LogP) is 9.83. The normalized spacial score (nSPS) is 11.8. The van der Waals surface area contributed by atoms with Crippen LogP contribution in [0, 0.1) is 0 Å². The van der Waals surface area contributed by atoms with Gasteiger partial charge in [0.2, 0.25) is 0 Å². The van der Waals surface area contributed by atoms with E-state index in [0.29, 0.717) is 0 Å². The maximum atomic E-state index is 5.75. The third kappa shape index (κ3) is 13.7. The Morgan fingerprint density at radius 1 is 0.644 bits per heavy atom. The van der Waals surface area contributed by atoms with Gasteiger partial charge >= 0.3 is 0 Å². The number of nitrogens with two attached hydrogens (primary N) is 3. The van der Waals surface area contributed by atoms with E-state index < -0.39 is 0 Å². The van der Waals surface area contributed by atoms with Crippen molar-refractivity contribution >= 4 is 16.8 Å². The largest absolute Gasteiger partial charge is 0.399 e. The predicted molar refractivity (Wildman–Crippen MR) is 199 cm³/mol. The second-order valence-corrected chi connectivity index (χ2v) is 10.2. The number of nitrogen functional groups attached to an aromatic ring is 1. The molecule has 0 bridgehead atoms. The van der Waals surface area contributed by atoms with Crippen LogP contribution in [-0.2, 0) is 12.8 Å². The summed E-state index contributed by atoms with van der Waals surface area (Å²) in [5.41, 5.74) is 16.4. The summed E-state index contributed by atoms with van der Waals surface area (Å²) >= 11 is 0. The lowest BCUT2D eigenvalue weighted by atomic mass is 9.98. The quantitative estimate of drug-likeness (QED) is 0.0701. The fourth-order valence-electron chi connectivity index (χ4n) is 4.50. The van der Waals surface area contributed by atoms with Crippen molar-refractivity contribution in [2.75, 3.05) is 5.73 Å². The van der Waals surface area contributed by atoms with Gasteiger partial charge in [0.05, 0.1) is 0 Å². The van der Waals surface area contributed by atoms with Gasteiger partial charge in [-0.25, -0.2) is 0 Å². The standard InChI is InChI=1S/C29H31N.C13H12.H4N2/c1-5-8-13-25(7-3)26-16-18-27(19-17-26)28(10-6-2)22-23(4)11-9-12-24-14-20-29(30)21-15-24;1-3-7-12(8-4-1)11-13-9-5-2-6-10-13;1-2/h5-11,13-22H,1-2,12,30H2,3-4H3;1-10H,11H2;1-2H2/b11-9-,13-8-,23-22+,25-7+,28-10+;;. The van der Waals surface area contributed by atoms with Crippen molar-refractivity contribution < 1.29 is 0 Å². The first-order valence-electron chi connectivity index (χ1n) is 15.0. The van der Waals surface area contributed by atoms with Gasteiger partial charge in [0, 0.05) is 5.69 Å². The molecule has 6 N–H and O–H groups in total. The summed E-state index contributed by atoms with van der Waals surface area (Å²) in [5, 5.41) is 0. The van der Waals surface area contributed by atoms with Crippen LogP contribution in [0.25, 0.3) is 11.1 Å². The van der Waals surface area contributed by atoms with Crippen molar-refractivity contribution in [3.63, 3.8) is 0 Å². The maximum Gasteiger partial charge on any atom is 0.0314 e. The summed E-state index contributed by atoms with van der Waals surface area (Å²) in [5.74, 6) is 8.00. The number of benzene rings is 4. The van der Waals surface area contributed by atoms with Gasteiger partial charge in [-0.15, -0.1) is 0 Å². The summed E-state index contributed by atoms with van der Waals surface area (Å²) < 4.78 is 0. The Morgan fingerprint density at radius 3 is 1.67 bits per heavy atom. The zero-order valence-corrected chi connectivity index (χ0v) is 26.6. The van der Waals surface area contributed by atoms with Crippen molar-refractivity contribution in [3.8, 4) is 0 Å². The van der Waals surface area contributed by atoms with Crippen LogP contribution < -0.4 is 17.4 Å². The monoisotopic (exact) mass is 593 g/mol. The van der Waals surface area contributed by atoms with Crippen LogP contribution >= 0.6 is 0 Å². The van der Waals surface area contributed by atoms with Gasteiger partial charge in [0.1, 0.15) is 0 Å². The molecule has 4 aromatic carbocycles. The zero-order chi connectivity index (χ0) is 32.7. The molecule has 4 aromatic rings. The highest BCUT2D eigenvalue weighted by atomic mass is 15.0. The summed E-state index contributed by atoms with van der Waals surface area (Å²) in [6.07, 6.45) is 20.2. The highest BCUT2D eigenvalue weighted by Crippen LogP contribution is 2.23. The molecule has 0 aliphatic rings. The molecule has 0 heterocycles. The van der Waals surface area contributed by atoms with Gasteiger partial charge in [-0.1, -0.05) is 170 Å². The number of rotatable bonds is 11. The van der Waals surface area contributed by atoms with Crippen molar-refractivity contribution in [2.45, 2.75) is 26.7 Å². The van der Waals surface area contributed by atoms with Gasteiger partial charge in [-0.05, 0) is 77.8 Å². The lowest BCUT2D eigenvalue weighted by molar-refractivity contribution is 1.19. The molecule has 0 saturated carbocycles. The molecule has 0 atom stereocenters. The van der Waals surface area contributed by atoms with Crippen LogP contribution in [0.3, 0.4) is 0 Å². The van der Waals surface area contributed by atoms with E-state index in [2.05, 4.69) is 159 Å². The Labute approximate surface area is 270 Å². The van der Waals surface area contributed by atoms with E-state index in [1.165, 1.54) is 33.4 Å². The lowest BCUT2D eigenvalue weighted by Gasteiger charge is -2.07. The van der Waals surface area contributed by atoms with Crippen molar-refractivity contribution in [1.82, 2.24) is 0 Å². The van der Waals surface area contributed by atoms with E-state index in [1.807, 2.05) is 37.3 Å². The van der Waals surface area contributed by atoms with E-state index in [0.717, 1.165) is 29.7 Å². The molecular formula is C42H47N3. The molecule has 0 aliphatic carbocycles. The highest BCUT2D eigenvalue weighted by molar-refractivity contribution is 5.79. The van der Waals surface area contributed by atoms with Gasteiger partial charge in [-0.2, -0.15) is 0 Å². The molecule has 0 spiro atoms. The minimum atomic E-state index is 0.794. The van der Waals surface area contributed by atoms with Crippen molar-refractivity contribution in [1.29, 1.82) is 0 Å². The third-order valence-electron chi connectivity index (χ3n) is 6.76. The summed E-state index contributed by atoms with van der Waals surface area (Å²) in [7, 11) is 0. The Balaban J connectivity index is 0.000000388. The fourth-order valence-corrected chi connectivity index (χ4v) is 4.50. The number of hydrazine groups is 1. The molecule has 0 aliphatic heterocycles. The number of hydrogen-bond donors (Lipinski definition) is 3. The lowest BCUT2D eigenvalue weighted by Crippen LogP contribution is -2.02. The number of allylic oxidation sites excluding steroid dienone is 12. The Hall–Kier alpha value is -5.22. The van der Waals surface area contributed by atoms with Crippen molar-refractivity contribution in [3.05, 3.63) is 210 Å². The molecule has 3 heteroatoms. The Bertz CT molecular complexity index is 1530. The van der Waals surface area contributed by atoms with Crippen LogP contribution in [0.5, 0.6) is 0 Å². The number of anilines is 1. The maximum absolute atomic E-state index is 5.75. The van der Waals surface area contributed by atoms with Crippen LogP contribution in [-0.4, -0.2) is 0 Å². The average Bonchev–Trinajstić information content (AvgIpc) is 3.08. The first-order valence-corrected chi connectivity index (χ1v) is 15.0. The van der Waals surface area contributed by atoms with Gasteiger partial charge in [0.15, 0.2) is 0 Å². The van der Waals surface area contributed by atoms with Gasteiger partial charge in [0.25, 0.3) is 0 Å².